The summed E-state index contributed by atoms with van der Waals surface area (Å²) < 4.78 is 16.1. The number of nitrogens with zero attached hydrogens (tertiary/aromatic N) is 3. The second-order valence-corrected chi connectivity index (χ2v) is 5.60. The third-order valence-electron chi connectivity index (χ3n) is 3.33. The van der Waals surface area contributed by atoms with E-state index in [4.69, 9.17) is 0 Å². The number of aromatic nitrogens is 3. The zero-order valence-electron chi connectivity index (χ0n) is 10.3. The fraction of sp³-hybridized carbons (Fsp3) is 0.385. The Bertz CT molecular complexity index is 578. The molecule has 100 valence electrons. The Morgan fingerprint density at radius 1 is 1.37 bits per heavy atom. The molecule has 1 N–H and O–H groups in total. The smallest absolute Gasteiger partial charge is 0.150 e. The van der Waals surface area contributed by atoms with Crippen LogP contribution in [0.15, 0.2) is 28.9 Å². The van der Waals surface area contributed by atoms with E-state index in [0.717, 1.165) is 18.7 Å². The van der Waals surface area contributed by atoms with Crippen LogP contribution in [0.2, 0.25) is 0 Å². The van der Waals surface area contributed by atoms with Crippen molar-refractivity contribution in [2.45, 2.75) is 25.3 Å². The van der Waals surface area contributed by atoms with Crippen LogP contribution in [0.5, 0.6) is 0 Å². The van der Waals surface area contributed by atoms with Gasteiger partial charge in [-0.1, -0.05) is 27.6 Å². The molecule has 0 aliphatic carbocycles. The fourth-order valence-corrected chi connectivity index (χ4v) is 2.66. The van der Waals surface area contributed by atoms with E-state index in [-0.39, 0.29) is 11.9 Å². The lowest BCUT2D eigenvalue weighted by molar-refractivity contribution is 0.405. The second-order valence-electron chi connectivity index (χ2n) is 4.69. The lowest BCUT2D eigenvalue weighted by atomic mass is 10.0. The molecule has 0 saturated carbocycles. The minimum Gasteiger partial charge on any atom is -0.309 e. The van der Waals surface area contributed by atoms with Crippen molar-refractivity contribution in [1.29, 1.82) is 0 Å². The fourth-order valence-electron chi connectivity index (χ4n) is 2.33. The lowest BCUT2D eigenvalue weighted by Gasteiger charge is -2.20. The van der Waals surface area contributed by atoms with Gasteiger partial charge in [-0.3, -0.25) is 0 Å². The van der Waals surface area contributed by atoms with Gasteiger partial charge in [0.25, 0.3) is 0 Å². The molecule has 1 aromatic carbocycles. The molecular weight excluding hydrogens is 311 g/mol. The van der Waals surface area contributed by atoms with Gasteiger partial charge in [0.2, 0.25) is 0 Å². The quantitative estimate of drug-likeness (QED) is 0.923. The zero-order chi connectivity index (χ0) is 13.2. The monoisotopic (exact) mass is 324 g/mol. The summed E-state index contributed by atoms with van der Waals surface area (Å²) in [5.74, 6) is -0.317. The van der Waals surface area contributed by atoms with Crippen molar-refractivity contribution >= 4 is 15.9 Å². The Morgan fingerprint density at radius 3 is 3.00 bits per heavy atom. The van der Waals surface area contributed by atoms with Crippen molar-refractivity contribution in [2.24, 2.45) is 0 Å². The summed E-state index contributed by atoms with van der Waals surface area (Å²) in [7, 11) is 0. The van der Waals surface area contributed by atoms with Gasteiger partial charge < -0.3 is 5.32 Å². The molecule has 1 unspecified atom stereocenters. The minimum atomic E-state index is -0.317. The van der Waals surface area contributed by atoms with Crippen LogP contribution < -0.4 is 5.32 Å². The van der Waals surface area contributed by atoms with E-state index in [1.54, 1.807) is 18.3 Å². The van der Waals surface area contributed by atoms with Gasteiger partial charge in [0.15, 0.2) is 0 Å². The van der Waals surface area contributed by atoms with Crippen LogP contribution in [-0.4, -0.2) is 21.5 Å². The summed E-state index contributed by atoms with van der Waals surface area (Å²) in [6.45, 7) is 1.00. The number of nitrogens with one attached hydrogen (secondary N) is 1. The highest BCUT2D eigenvalue weighted by Crippen LogP contribution is 2.23. The van der Waals surface area contributed by atoms with E-state index in [2.05, 4.69) is 31.6 Å². The van der Waals surface area contributed by atoms with Crippen LogP contribution in [0.25, 0.3) is 5.69 Å². The van der Waals surface area contributed by atoms with Gasteiger partial charge in [-0.2, -0.15) is 0 Å². The molecule has 2 aromatic rings. The summed E-state index contributed by atoms with van der Waals surface area (Å²) in [4.78, 5) is 0. The summed E-state index contributed by atoms with van der Waals surface area (Å²) >= 11 is 3.24. The molecule has 0 spiro atoms. The lowest BCUT2D eigenvalue weighted by Crippen LogP contribution is -2.27. The van der Waals surface area contributed by atoms with Crippen LogP contribution >= 0.6 is 15.9 Å². The first-order valence-electron chi connectivity index (χ1n) is 6.35. The van der Waals surface area contributed by atoms with Crippen molar-refractivity contribution < 1.29 is 4.39 Å². The summed E-state index contributed by atoms with van der Waals surface area (Å²) in [5.41, 5.74) is 1.29. The zero-order valence-corrected chi connectivity index (χ0v) is 11.9. The summed E-state index contributed by atoms with van der Waals surface area (Å²) in [6, 6.07) is 5.14. The van der Waals surface area contributed by atoms with Gasteiger partial charge in [0.05, 0.1) is 12.2 Å². The molecule has 2 heterocycles. The van der Waals surface area contributed by atoms with Gasteiger partial charge in [0.1, 0.15) is 17.2 Å². The van der Waals surface area contributed by atoms with Crippen LogP contribution in [0.4, 0.5) is 4.39 Å². The molecule has 0 radical (unpaired) electrons. The van der Waals surface area contributed by atoms with Gasteiger partial charge in [0, 0.05) is 4.47 Å². The number of piperidine rings is 1. The van der Waals surface area contributed by atoms with E-state index in [1.165, 1.54) is 23.6 Å². The molecule has 1 fully saturated rings. The third-order valence-corrected chi connectivity index (χ3v) is 3.83. The van der Waals surface area contributed by atoms with E-state index >= 15 is 0 Å². The predicted octanol–water partition coefficient (Wildman–Crippen LogP) is 2.98. The van der Waals surface area contributed by atoms with E-state index in [1.807, 2.05) is 0 Å². The van der Waals surface area contributed by atoms with Crippen LogP contribution in [0, 0.1) is 5.82 Å². The first-order chi connectivity index (χ1) is 9.24. The molecule has 1 atom stereocenters. The Hall–Kier alpha value is -1.27. The highest BCUT2D eigenvalue weighted by Gasteiger charge is 2.18. The van der Waals surface area contributed by atoms with Gasteiger partial charge in [-0.25, -0.2) is 9.07 Å². The number of hydrogen-bond acceptors (Lipinski definition) is 3. The Balaban J connectivity index is 1.87. The maximum atomic E-state index is 13.9. The summed E-state index contributed by atoms with van der Waals surface area (Å²) in [5, 5.41) is 11.6. The van der Waals surface area contributed by atoms with Crippen LogP contribution in [0.3, 0.4) is 0 Å². The summed E-state index contributed by atoms with van der Waals surface area (Å²) in [6.07, 6.45) is 5.25. The predicted molar refractivity (Wildman–Crippen MR) is 73.6 cm³/mol. The molecule has 0 bridgehead atoms. The Labute approximate surface area is 119 Å². The van der Waals surface area contributed by atoms with Gasteiger partial charge in [-0.05, 0) is 37.6 Å². The molecule has 1 aromatic heterocycles. The van der Waals surface area contributed by atoms with Crippen molar-refractivity contribution in [1.82, 2.24) is 20.3 Å². The molecule has 0 amide bonds. The average Bonchev–Trinajstić information content (AvgIpc) is 2.89. The highest BCUT2D eigenvalue weighted by atomic mass is 79.9. The van der Waals surface area contributed by atoms with Crippen molar-refractivity contribution in [3.8, 4) is 5.69 Å². The molecule has 1 saturated heterocycles. The van der Waals surface area contributed by atoms with Gasteiger partial charge >= 0.3 is 0 Å². The van der Waals surface area contributed by atoms with E-state index in [0.29, 0.717) is 10.2 Å². The highest BCUT2D eigenvalue weighted by molar-refractivity contribution is 9.10. The maximum absolute atomic E-state index is 13.9. The number of benzene rings is 1. The number of hydrogen-bond donors (Lipinski definition) is 1. The van der Waals surface area contributed by atoms with Gasteiger partial charge in [-0.15, -0.1) is 5.10 Å². The molecule has 4 nitrogen and oxygen atoms in total. The topological polar surface area (TPSA) is 42.7 Å². The first kappa shape index (κ1) is 12.7. The van der Waals surface area contributed by atoms with Crippen molar-refractivity contribution in [2.75, 3.05) is 6.54 Å². The second kappa shape index (κ2) is 5.38. The van der Waals surface area contributed by atoms with E-state index < -0.39 is 0 Å². The first-order valence-corrected chi connectivity index (χ1v) is 7.14. The number of halogens is 2. The average molecular weight is 325 g/mol. The number of rotatable bonds is 2. The standard InChI is InChI=1S/C13H14BrFN4/c14-9-4-5-13(10(15)7-9)19-8-12(17-18-19)11-3-1-2-6-16-11/h4-5,7-8,11,16H,1-3,6H2. The normalized spacial score (nSPS) is 19.6. The SMILES string of the molecule is Fc1cc(Br)ccc1-n1cc(C2CCCCN2)nn1. The van der Waals surface area contributed by atoms with Crippen molar-refractivity contribution in [3.05, 3.63) is 40.4 Å². The van der Waals surface area contributed by atoms with E-state index in [9.17, 15) is 4.39 Å². The molecule has 1 aliphatic rings. The molecular formula is C13H14BrFN4. The molecule has 6 heteroatoms. The Morgan fingerprint density at radius 2 is 2.26 bits per heavy atom. The minimum absolute atomic E-state index is 0.237. The van der Waals surface area contributed by atoms with Crippen LogP contribution in [-0.2, 0) is 0 Å². The van der Waals surface area contributed by atoms with Crippen LogP contribution in [0.1, 0.15) is 31.0 Å². The maximum Gasteiger partial charge on any atom is 0.150 e. The molecule has 1 aliphatic heterocycles. The van der Waals surface area contributed by atoms with Crippen molar-refractivity contribution in [3.63, 3.8) is 0 Å². The third kappa shape index (κ3) is 2.69. The Kier molecular flexibility index (Phi) is 3.61. The molecule has 19 heavy (non-hydrogen) atoms. The largest absolute Gasteiger partial charge is 0.309 e. The molecule has 3 rings (SSSR count).